The van der Waals surface area contributed by atoms with Gasteiger partial charge in [-0.1, -0.05) is 26.0 Å². The molecule has 1 saturated heterocycles. The van der Waals surface area contributed by atoms with Crippen LogP contribution in [0.2, 0.25) is 0 Å². The number of benzene rings is 1. The van der Waals surface area contributed by atoms with Crippen LogP contribution in [0, 0.1) is 12.8 Å². The van der Waals surface area contributed by atoms with E-state index in [0.29, 0.717) is 59.6 Å². The van der Waals surface area contributed by atoms with Crippen LogP contribution in [0.4, 0.5) is 0 Å². The van der Waals surface area contributed by atoms with Gasteiger partial charge in [0.25, 0.3) is 11.7 Å². The highest BCUT2D eigenvalue weighted by molar-refractivity contribution is 6.46. The van der Waals surface area contributed by atoms with Crippen molar-refractivity contribution in [3.8, 4) is 11.5 Å². The van der Waals surface area contributed by atoms with Crippen molar-refractivity contribution in [1.82, 2.24) is 19.2 Å². The zero-order valence-electron chi connectivity index (χ0n) is 23.6. The number of aliphatic hydroxyl groups is 1. The second-order valence-corrected chi connectivity index (χ2v) is 10.6. The third-order valence-electron chi connectivity index (χ3n) is 6.93. The van der Waals surface area contributed by atoms with E-state index in [-0.39, 0.29) is 11.3 Å². The number of fused-ring (bicyclic) bond motifs is 1. The summed E-state index contributed by atoms with van der Waals surface area (Å²) < 4.78 is 13.3. The molecule has 1 aliphatic rings. The van der Waals surface area contributed by atoms with E-state index >= 15 is 0 Å². The molecule has 39 heavy (non-hydrogen) atoms. The number of aromatic nitrogens is 2. The van der Waals surface area contributed by atoms with Gasteiger partial charge in [-0.3, -0.25) is 14.0 Å². The maximum absolute atomic E-state index is 13.5. The topological polar surface area (TPSA) is 96.6 Å². The number of aryl methyl sites for hydroxylation is 1. The Morgan fingerprint density at radius 1 is 1.15 bits per heavy atom. The Hall–Kier alpha value is -3.85. The lowest BCUT2D eigenvalue weighted by Crippen LogP contribution is -2.32. The highest BCUT2D eigenvalue weighted by atomic mass is 16.5. The molecule has 208 valence electrons. The number of aliphatic hydroxyl groups excluding tert-OH is 1. The van der Waals surface area contributed by atoms with E-state index in [4.69, 9.17) is 9.47 Å². The molecule has 0 spiro atoms. The van der Waals surface area contributed by atoms with Crippen LogP contribution < -0.4 is 9.47 Å². The largest absolute Gasteiger partial charge is 0.505 e. The molecule has 3 heterocycles. The standard InChI is InChI=1S/C30H38N4O5/c1-19(2)13-17-39-22-12-11-21(18-23(22)38-6)27-25(29(36)30(37)34(27)16-9-14-32(4)5)28(35)26-20(3)31-24-10-7-8-15-33(24)26/h7-8,10-12,15,18-19,27,35H,9,13-14,16-17H2,1-6H3. The van der Waals surface area contributed by atoms with E-state index < -0.39 is 17.7 Å². The molecule has 1 N–H and O–H groups in total. The third-order valence-corrected chi connectivity index (χ3v) is 6.93. The maximum Gasteiger partial charge on any atom is 0.295 e. The summed E-state index contributed by atoms with van der Waals surface area (Å²) in [6.07, 6.45) is 3.34. The Labute approximate surface area is 229 Å². The predicted octanol–water partition coefficient (Wildman–Crippen LogP) is 4.45. The third kappa shape index (κ3) is 5.78. The number of methoxy groups -OCH3 is 1. The Morgan fingerprint density at radius 2 is 1.92 bits per heavy atom. The molecule has 0 aliphatic carbocycles. The van der Waals surface area contributed by atoms with E-state index in [0.717, 1.165) is 13.0 Å². The van der Waals surface area contributed by atoms with Gasteiger partial charge < -0.3 is 24.4 Å². The smallest absolute Gasteiger partial charge is 0.295 e. The number of hydrogen-bond donors (Lipinski definition) is 1. The Kier molecular flexibility index (Phi) is 8.60. The molecule has 4 rings (SSSR count). The fourth-order valence-corrected chi connectivity index (χ4v) is 4.92. The van der Waals surface area contributed by atoms with E-state index in [1.165, 1.54) is 0 Å². The summed E-state index contributed by atoms with van der Waals surface area (Å²) in [5.74, 6) is -0.0155. The zero-order chi connectivity index (χ0) is 28.3. The van der Waals surface area contributed by atoms with Gasteiger partial charge in [0.2, 0.25) is 0 Å². The van der Waals surface area contributed by atoms with Crippen molar-refractivity contribution in [1.29, 1.82) is 0 Å². The molecule has 1 atom stereocenters. The summed E-state index contributed by atoms with van der Waals surface area (Å²) >= 11 is 0. The van der Waals surface area contributed by atoms with Gasteiger partial charge in [-0.25, -0.2) is 4.98 Å². The van der Waals surface area contributed by atoms with Crippen molar-refractivity contribution in [2.75, 3.05) is 40.9 Å². The molecule has 3 aromatic rings. The number of Topliss-reactive ketones (excluding diaryl/α,β-unsaturated/α-hetero) is 1. The van der Waals surface area contributed by atoms with Gasteiger partial charge in [-0.2, -0.15) is 0 Å². The number of rotatable bonds is 11. The quantitative estimate of drug-likeness (QED) is 0.221. The fraction of sp³-hybridized carbons (Fsp3) is 0.433. The number of carbonyl (C=O) groups excluding carboxylic acids is 2. The minimum absolute atomic E-state index is 0.0362. The molecule has 9 nitrogen and oxygen atoms in total. The van der Waals surface area contributed by atoms with Gasteiger partial charge in [0.15, 0.2) is 17.3 Å². The van der Waals surface area contributed by atoms with Gasteiger partial charge in [0.1, 0.15) is 11.3 Å². The van der Waals surface area contributed by atoms with Crippen LogP contribution in [0.5, 0.6) is 11.5 Å². The van der Waals surface area contributed by atoms with Gasteiger partial charge in [-0.15, -0.1) is 0 Å². The van der Waals surface area contributed by atoms with Crippen LogP contribution >= 0.6 is 0 Å². The lowest BCUT2D eigenvalue weighted by atomic mass is 9.95. The maximum atomic E-state index is 13.5. The number of nitrogens with zero attached hydrogens (tertiary/aromatic N) is 4. The summed E-state index contributed by atoms with van der Waals surface area (Å²) in [5.41, 5.74) is 2.28. The molecule has 0 saturated carbocycles. The molecule has 1 aromatic carbocycles. The van der Waals surface area contributed by atoms with Gasteiger partial charge in [0, 0.05) is 12.7 Å². The van der Waals surface area contributed by atoms with Crippen LogP contribution in [0.3, 0.4) is 0 Å². The van der Waals surface area contributed by atoms with Gasteiger partial charge >= 0.3 is 0 Å². The number of pyridine rings is 1. The number of ketones is 1. The number of ether oxygens (including phenoxy) is 2. The predicted molar refractivity (Wildman–Crippen MR) is 150 cm³/mol. The molecule has 1 fully saturated rings. The SMILES string of the molecule is COc1cc(C2C(=C(O)c3c(C)nc4ccccn34)C(=O)C(=O)N2CCCN(C)C)ccc1OCCC(C)C. The fourth-order valence-electron chi connectivity index (χ4n) is 4.92. The summed E-state index contributed by atoms with van der Waals surface area (Å²) in [6, 6.07) is 10.1. The first-order valence-corrected chi connectivity index (χ1v) is 13.3. The van der Waals surface area contributed by atoms with E-state index in [2.05, 4.69) is 18.8 Å². The average Bonchev–Trinajstić information content (AvgIpc) is 3.36. The first-order chi connectivity index (χ1) is 18.6. The Balaban J connectivity index is 1.83. The van der Waals surface area contributed by atoms with E-state index in [1.807, 2.05) is 43.3 Å². The number of carbonyl (C=O) groups is 2. The van der Waals surface area contributed by atoms with Crippen molar-refractivity contribution in [3.05, 3.63) is 65.1 Å². The number of amides is 1. The number of likely N-dealkylation sites (tertiary alicyclic amines) is 1. The molecule has 0 bridgehead atoms. The molecule has 2 aromatic heterocycles. The van der Waals surface area contributed by atoms with Crippen molar-refractivity contribution in [2.24, 2.45) is 5.92 Å². The highest BCUT2D eigenvalue weighted by Gasteiger charge is 2.46. The van der Waals surface area contributed by atoms with Crippen molar-refractivity contribution in [3.63, 3.8) is 0 Å². The van der Waals surface area contributed by atoms with Crippen molar-refractivity contribution < 1.29 is 24.2 Å². The summed E-state index contributed by atoms with van der Waals surface area (Å²) in [4.78, 5) is 35.0. The molecular formula is C30H38N4O5. The van der Waals surface area contributed by atoms with Crippen LogP contribution in [0.15, 0.2) is 48.2 Å². The van der Waals surface area contributed by atoms with Crippen LogP contribution in [0.25, 0.3) is 11.4 Å². The summed E-state index contributed by atoms with van der Waals surface area (Å²) in [6.45, 7) is 7.68. The minimum atomic E-state index is -0.792. The van der Waals surface area contributed by atoms with Crippen LogP contribution in [-0.4, -0.2) is 76.9 Å². The molecule has 1 aliphatic heterocycles. The van der Waals surface area contributed by atoms with Crippen LogP contribution in [-0.2, 0) is 9.59 Å². The monoisotopic (exact) mass is 534 g/mol. The second-order valence-electron chi connectivity index (χ2n) is 10.6. The lowest BCUT2D eigenvalue weighted by molar-refractivity contribution is -0.139. The normalized spacial score (nSPS) is 17.1. The molecule has 0 radical (unpaired) electrons. The van der Waals surface area contributed by atoms with Crippen molar-refractivity contribution >= 4 is 23.1 Å². The lowest BCUT2D eigenvalue weighted by Gasteiger charge is -2.26. The van der Waals surface area contributed by atoms with Crippen molar-refractivity contribution in [2.45, 2.75) is 39.7 Å². The zero-order valence-corrected chi connectivity index (χ0v) is 23.6. The summed E-state index contributed by atoms with van der Waals surface area (Å²) in [7, 11) is 5.48. The number of imidazole rings is 1. The second kappa shape index (κ2) is 11.9. The first kappa shape index (κ1) is 28.2. The van der Waals surface area contributed by atoms with E-state index in [1.54, 1.807) is 41.7 Å². The van der Waals surface area contributed by atoms with E-state index in [9.17, 15) is 14.7 Å². The summed E-state index contributed by atoms with van der Waals surface area (Å²) in [5, 5.41) is 11.6. The highest BCUT2D eigenvalue weighted by Crippen LogP contribution is 2.42. The Morgan fingerprint density at radius 3 is 2.62 bits per heavy atom. The van der Waals surface area contributed by atoms with Gasteiger partial charge in [0.05, 0.1) is 31.0 Å². The molecule has 1 amide bonds. The van der Waals surface area contributed by atoms with Crippen LogP contribution in [0.1, 0.15) is 49.7 Å². The minimum Gasteiger partial charge on any atom is -0.505 e. The van der Waals surface area contributed by atoms with Gasteiger partial charge in [-0.05, 0) is 76.2 Å². The molecule has 1 unspecified atom stereocenters. The molecular weight excluding hydrogens is 496 g/mol. The molecule has 9 heteroatoms. The number of hydrogen-bond acceptors (Lipinski definition) is 7. The Bertz CT molecular complexity index is 1390. The first-order valence-electron chi connectivity index (χ1n) is 13.3. The average molecular weight is 535 g/mol.